The highest BCUT2D eigenvalue weighted by atomic mass is 16.5. The molecule has 0 atom stereocenters. The molecule has 0 saturated heterocycles. The molecule has 2 N–H and O–H groups in total. The van der Waals surface area contributed by atoms with Crippen molar-refractivity contribution in [3.8, 4) is 0 Å². The Morgan fingerprint density at radius 2 is 2.09 bits per heavy atom. The molecule has 0 aromatic rings. The van der Waals surface area contributed by atoms with Crippen molar-refractivity contribution in [3.63, 3.8) is 0 Å². The molecule has 0 heterocycles. The summed E-state index contributed by atoms with van der Waals surface area (Å²) in [7, 11) is 0. The van der Waals surface area contributed by atoms with Crippen molar-refractivity contribution < 1.29 is 14.3 Å². The molecule has 0 unspecified atom stereocenters. The lowest BCUT2D eigenvalue weighted by Gasteiger charge is -1.99. The summed E-state index contributed by atoms with van der Waals surface area (Å²) in [6.45, 7) is 1.71. The van der Waals surface area contributed by atoms with Crippen LogP contribution in [0.4, 0.5) is 0 Å². The van der Waals surface area contributed by atoms with Crippen molar-refractivity contribution in [1.82, 2.24) is 0 Å². The summed E-state index contributed by atoms with van der Waals surface area (Å²) in [5.41, 5.74) is 5.06. The average Bonchev–Trinajstić information content (AvgIpc) is 1.97. The van der Waals surface area contributed by atoms with E-state index in [0.717, 1.165) is 0 Å². The topological polar surface area (TPSA) is 69.4 Å². The number of carbonyl (C=O) groups excluding carboxylic acids is 2. The molecule has 0 aliphatic carbocycles. The number of ketones is 1. The predicted octanol–water partition coefficient (Wildman–Crippen LogP) is -0.142. The SMILES string of the molecule is CC(=O)OCCCC(=O)CN. The number of hydrogen-bond acceptors (Lipinski definition) is 4. The molecule has 0 radical (unpaired) electrons. The summed E-state index contributed by atoms with van der Waals surface area (Å²) in [5.74, 6) is -0.317. The lowest BCUT2D eigenvalue weighted by atomic mass is 10.2. The maximum absolute atomic E-state index is 10.6. The molecule has 4 nitrogen and oxygen atoms in total. The number of carbonyl (C=O) groups is 2. The maximum atomic E-state index is 10.6. The maximum Gasteiger partial charge on any atom is 0.302 e. The standard InChI is InChI=1S/C7H13NO3/c1-6(9)11-4-2-3-7(10)5-8/h2-5,8H2,1H3. The quantitative estimate of drug-likeness (QED) is 0.447. The van der Waals surface area contributed by atoms with Crippen molar-refractivity contribution in [2.45, 2.75) is 19.8 Å². The molecule has 4 heteroatoms. The van der Waals surface area contributed by atoms with E-state index in [1.54, 1.807) is 0 Å². The number of nitrogens with two attached hydrogens (primary N) is 1. The van der Waals surface area contributed by atoms with Crippen molar-refractivity contribution in [1.29, 1.82) is 0 Å². The van der Waals surface area contributed by atoms with Gasteiger partial charge in [0.05, 0.1) is 13.2 Å². The van der Waals surface area contributed by atoms with Gasteiger partial charge in [-0.25, -0.2) is 0 Å². The zero-order chi connectivity index (χ0) is 8.69. The van der Waals surface area contributed by atoms with E-state index in [2.05, 4.69) is 4.74 Å². The third-order valence-corrected chi connectivity index (χ3v) is 1.13. The summed E-state index contributed by atoms with van der Waals surface area (Å²) >= 11 is 0. The van der Waals surface area contributed by atoms with E-state index in [-0.39, 0.29) is 18.3 Å². The number of rotatable bonds is 5. The highest BCUT2D eigenvalue weighted by molar-refractivity contribution is 5.80. The van der Waals surface area contributed by atoms with Gasteiger partial charge in [0.15, 0.2) is 0 Å². The summed E-state index contributed by atoms with van der Waals surface area (Å²) in [6.07, 6.45) is 0.958. The Hall–Kier alpha value is -0.900. The number of ether oxygens (including phenoxy) is 1. The van der Waals surface area contributed by atoms with E-state index in [1.807, 2.05) is 0 Å². The molecule has 0 saturated carbocycles. The monoisotopic (exact) mass is 159 g/mol. The van der Waals surface area contributed by atoms with Gasteiger partial charge in [-0.3, -0.25) is 9.59 Å². The first-order chi connectivity index (χ1) is 5.16. The first kappa shape index (κ1) is 10.1. The molecule has 0 rings (SSSR count). The van der Waals surface area contributed by atoms with Crippen molar-refractivity contribution in [2.24, 2.45) is 5.73 Å². The van der Waals surface area contributed by atoms with Crippen LogP contribution in [0.2, 0.25) is 0 Å². The molecular formula is C7H13NO3. The van der Waals surface area contributed by atoms with Gasteiger partial charge in [0.25, 0.3) is 0 Å². The average molecular weight is 159 g/mol. The van der Waals surface area contributed by atoms with Crippen LogP contribution in [-0.4, -0.2) is 24.9 Å². The van der Waals surface area contributed by atoms with Crippen molar-refractivity contribution in [2.75, 3.05) is 13.2 Å². The molecule has 64 valence electrons. The third-order valence-electron chi connectivity index (χ3n) is 1.13. The zero-order valence-corrected chi connectivity index (χ0v) is 6.63. The smallest absolute Gasteiger partial charge is 0.302 e. The van der Waals surface area contributed by atoms with Crippen LogP contribution in [0.15, 0.2) is 0 Å². The Bertz CT molecular complexity index is 145. The fourth-order valence-corrected chi connectivity index (χ4v) is 0.587. The fraction of sp³-hybridized carbons (Fsp3) is 0.714. The first-order valence-electron chi connectivity index (χ1n) is 3.52. The highest BCUT2D eigenvalue weighted by Crippen LogP contribution is 1.90. The van der Waals surface area contributed by atoms with Gasteiger partial charge in [0.2, 0.25) is 0 Å². The van der Waals surface area contributed by atoms with Gasteiger partial charge in [0.1, 0.15) is 5.78 Å². The van der Waals surface area contributed by atoms with Crippen LogP contribution in [0.1, 0.15) is 19.8 Å². The van der Waals surface area contributed by atoms with Gasteiger partial charge in [-0.05, 0) is 6.42 Å². The van der Waals surface area contributed by atoms with E-state index in [0.29, 0.717) is 19.4 Å². The normalized spacial score (nSPS) is 9.27. The van der Waals surface area contributed by atoms with Gasteiger partial charge in [-0.1, -0.05) is 0 Å². The number of esters is 1. The van der Waals surface area contributed by atoms with Gasteiger partial charge < -0.3 is 10.5 Å². The summed E-state index contributed by atoms with van der Waals surface area (Å²) in [5, 5.41) is 0. The summed E-state index contributed by atoms with van der Waals surface area (Å²) < 4.78 is 4.60. The molecule has 0 aliphatic heterocycles. The second-order valence-electron chi connectivity index (χ2n) is 2.19. The van der Waals surface area contributed by atoms with Crippen LogP contribution < -0.4 is 5.73 Å². The van der Waals surface area contributed by atoms with E-state index >= 15 is 0 Å². The molecule has 0 amide bonds. The highest BCUT2D eigenvalue weighted by Gasteiger charge is 1.98. The van der Waals surface area contributed by atoms with E-state index in [4.69, 9.17) is 5.73 Å². The minimum atomic E-state index is -0.315. The Balaban J connectivity index is 3.14. The zero-order valence-electron chi connectivity index (χ0n) is 6.63. The molecule has 0 aromatic heterocycles. The molecule has 0 fully saturated rings. The van der Waals surface area contributed by atoms with Gasteiger partial charge >= 0.3 is 5.97 Å². The predicted molar refractivity (Wildman–Crippen MR) is 39.9 cm³/mol. The minimum absolute atomic E-state index is 0.00264. The molecule has 0 aromatic carbocycles. The van der Waals surface area contributed by atoms with Crippen LogP contribution in [-0.2, 0) is 14.3 Å². The Labute approximate surface area is 65.7 Å². The summed E-state index contributed by atoms with van der Waals surface area (Å²) in [6, 6.07) is 0. The lowest BCUT2D eigenvalue weighted by Crippen LogP contribution is -2.14. The van der Waals surface area contributed by atoms with E-state index < -0.39 is 0 Å². The fourth-order valence-electron chi connectivity index (χ4n) is 0.587. The van der Waals surface area contributed by atoms with E-state index in [9.17, 15) is 9.59 Å². The van der Waals surface area contributed by atoms with E-state index in [1.165, 1.54) is 6.92 Å². The molecule has 0 spiro atoms. The number of hydrogen-bond donors (Lipinski definition) is 1. The first-order valence-corrected chi connectivity index (χ1v) is 3.52. The molecule has 0 bridgehead atoms. The second kappa shape index (κ2) is 5.85. The van der Waals surface area contributed by atoms with Crippen molar-refractivity contribution >= 4 is 11.8 Å². The molecular weight excluding hydrogens is 146 g/mol. The van der Waals surface area contributed by atoms with Crippen LogP contribution in [0.5, 0.6) is 0 Å². The largest absolute Gasteiger partial charge is 0.466 e. The van der Waals surface area contributed by atoms with Crippen LogP contribution in [0, 0.1) is 0 Å². The van der Waals surface area contributed by atoms with Crippen LogP contribution >= 0.6 is 0 Å². The molecule has 11 heavy (non-hydrogen) atoms. The second-order valence-corrected chi connectivity index (χ2v) is 2.19. The third kappa shape index (κ3) is 6.99. The molecule has 0 aliphatic rings. The van der Waals surface area contributed by atoms with Gasteiger partial charge in [0, 0.05) is 13.3 Å². The van der Waals surface area contributed by atoms with Gasteiger partial charge in [-0.2, -0.15) is 0 Å². The Morgan fingerprint density at radius 3 is 2.55 bits per heavy atom. The van der Waals surface area contributed by atoms with Crippen LogP contribution in [0.3, 0.4) is 0 Å². The van der Waals surface area contributed by atoms with Crippen molar-refractivity contribution in [3.05, 3.63) is 0 Å². The lowest BCUT2D eigenvalue weighted by molar-refractivity contribution is -0.141. The number of Topliss-reactive ketones (excluding diaryl/α,β-unsaturated/α-hetero) is 1. The van der Waals surface area contributed by atoms with Crippen LogP contribution in [0.25, 0.3) is 0 Å². The summed E-state index contributed by atoms with van der Waals surface area (Å²) in [4.78, 5) is 20.8. The van der Waals surface area contributed by atoms with Gasteiger partial charge in [-0.15, -0.1) is 0 Å². The minimum Gasteiger partial charge on any atom is -0.466 e. The Kier molecular flexibility index (Phi) is 5.37. The Morgan fingerprint density at radius 1 is 1.45 bits per heavy atom.